The molecule has 2 radical (unpaired) electrons. The number of aromatic nitrogens is 3. The molecule has 0 fully saturated rings. The summed E-state index contributed by atoms with van der Waals surface area (Å²) in [5.74, 6) is 0.472. The molecule has 2 heterocycles. The van der Waals surface area contributed by atoms with Crippen molar-refractivity contribution in [3.63, 3.8) is 0 Å². The van der Waals surface area contributed by atoms with Gasteiger partial charge in [0.1, 0.15) is 0 Å². The van der Waals surface area contributed by atoms with Gasteiger partial charge in [0.05, 0.1) is 0 Å². The summed E-state index contributed by atoms with van der Waals surface area (Å²) in [5, 5.41) is 0.933. The number of benzene rings is 2. The third-order valence-corrected chi connectivity index (χ3v) is 6.38. The Hall–Kier alpha value is -3.10. The van der Waals surface area contributed by atoms with E-state index in [4.69, 9.17) is 4.98 Å². The maximum atomic E-state index is 12.5. The molecule has 4 nitrogen and oxygen atoms in total. The first-order chi connectivity index (χ1) is 16.1. The van der Waals surface area contributed by atoms with Crippen LogP contribution in [0, 0.1) is 5.41 Å². The van der Waals surface area contributed by atoms with Gasteiger partial charge in [-0.2, -0.15) is 0 Å². The van der Waals surface area contributed by atoms with Crippen LogP contribution in [0.5, 0.6) is 0 Å². The number of nitrogens with zero attached hydrogens (tertiary/aromatic N) is 3. The topological polar surface area (TPSA) is 55.7 Å². The molecule has 0 unspecified atom stereocenters. The standard InChI is InChI=1S/C29H28AsN3O/c1-18(2)19-6-8-20(9-7-19)23-16-24(33-28-26(23)27(30)31-17-32-28)21-10-12-22(13-11-21)25(34)14-15-29(3,4)5/h6-18H,1-5H3. The molecule has 2 aromatic heterocycles. The number of carbonyl (C=O) groups is 1. The number of hydrogen-bond acceptors (Lipinski definition) is 4. The van der Waals surface area contributed by atoms with E-state index in [0.29, 0.717) is 17.1 Å². The number of rotatable bonds is 5. The van der Waals surface area contributed by atoms with Crippen LogP contribution < -0.4 is 4.48 Å². The molecule has 34 heavy (non-hydrogen) atoms. The maximum absolute atomic E-state index is 12.5. The molecule has 0 amide bonds. The molecule has 0 spiro atoms. The molecule has 0 bridgehead atoms. The summed E-state index contributed by atoms with van der Waals surface area (Å²) in [6.07, 6.45) is 5.13. The summed E-state index contributed by atoms with van der Waals surface area (Å²) in [6.45, 7) is 10.6. The first kappa shape index (κ1) is 24.0. The van der Waals surface area contributed by atoms with Crippen LogP contribution in [0.2, 0.25) is 0 Å². The molecule has 0 atom stereocenters. The van der Waals surface area contributed by atoms with E-state index < -0.39 is 0 Å². The first-order valence-corrected chi connectivity index (χ1v) is 12.4. The minimum atomic E-state index is -0.0346. The molecule has 170 valence electrons. The van der Waals surface area contributed by atoms with Crippen molar-refractivity contribution in [2.75, 3.05) is 0 Å². The molecule has 4 rings (SSSR count). The van der Waals surface area contributed by atoms with Crippen molar-refractivity contribution in [3.05, 3.63) is 84.2 Å². The van der Waals surface area contributed by atoms with Gasteiger partial charge < -0.3 is 0 Å². The van der Waals surface area contributed by atoms with E-state index in [-0.39, 0.29) is 11.2 Å². The van der Waals surface area contributed by atoms with Crippen molar-refractivity contribution in [2.45, 2.75) is 40.5 Å². The summed E-state index contributed by atoms with van der Waals surface area (Å²) >= 11 is 2.52. The Bertz CT molecular complexity index is 1370. The van der Waals surface area contributed by atoms with Gasteiger partial charge in [-0.25, -0.2) is 0 Å². The van der Waals surface area contributed by atoms with E-state index in [0.717, 1.165) is 32.3 Å². The molecule has 0 aliphatic heterocycles. The Labute approximate surface area is 210 Å². The summed E-state index contributed by atoms with van der Waals surface area (Å²) < 4.78 is 0.839. The van der Waals surface area contributed by atoms with E-state index in [1.54, 1.807) is 12.4 Å². The number of pyridine rings is 1. The van der Waals surface area contributed by atoms with Crippen molar-refractivity contribution >= 4 is 38.2 Å². The number of carbonyl (C=O) groups excluding carboxylic acids is 1. The molecular weight excluding hydrogens is 481 g/mol. The first-order valence-electron chi connectivity index (χ1n) is 11.4. The number of hydrogen-bond donors (Lipinski definition) is 0. The summed E-state index contributed by atoms with van der Waals surface area (Å²) in [6, 6.07) is 18.3. The van der Waals surface area contributed by atoms with E-state index >= 15 is 0 Å². The van der Waals surface area contributed by atoms with Gasteiger partial charge in [-0.05, 0) is 5.41 Å². The average molecular weight is 509 g/mol. The molecule has 0 saturated heterocycles. The Kier molecular flexibility index (Phi) is 6.81. The zero-order chi connectivity index (χ0) is 24.5. The van der Waals surface area contributed by atoms with Crippen molar-refractivity contribution < 1.29 is 4.79 Å². The van der Waals surface area contributed by atoms with Gasteiger partial charge in [0.25, 0.3) is 0 Å². The monoisotopic (exact) mass is 509 g/mol. The summed E-state index contributed by atoms with van der Waals surface area (Å²) in [5.41, 5.74) is 6.46. The van der Waals surface area contributed by atoms with Crippen LogP contribution in [0.4, 0.5) is 0 Å². The van der Waals surface area contributed by atoms with E-state index in [1.807, 2.05) is 30.3 Å². The van der Waals surface area contributed by atoms with Crippen molar-refractivity contribution in [1.82, 2.24) is 15.0 Å². The van der Waals surface area contributed by atoms with E-state index in [9.17, 15) is 4.79 Å². The fourth-order valence-electron chi connectivity index (χ4n) is 3.70. The van der Waals surface area contributed by atoms with Gasteiger partial charge in [0.2, 0.25) is 0 Å². The van der Waals surface area contributed by atoms with E-state index in [1.165, 1.54) is 5.56 Å². The zero-order valence-corrected chi connectivity index (χ0v) is 22.1. The van der Waals surface area contributed by atoms with Gasteiger partial charge in [0.15, 0.2) is 0 Å². The molecule has 0 aliphatic carbocycles. The second kappa shape index (κ2) is 9.64. The zero-order valence-electron chi connectivity index (χ0n) is 20.2. The molecule has 0 aliphatic rings. The Balaban J connectivity index is 1.77. The number of ketones is 1. The fourth-order valence-corrected chi connectivity index (χ4v) is 4.27. The molecule has 0 saturated carbocycles. The Morgan fingerprint density at radius 2 is 1.59 bits per heavy atom. The second-order valence-electron chi connectivity index (χ2n) is 9.87. The van der Waals surface area contributed by atoms with Gasteiger partial charge in [-0.3, -0.25) is 0 Å². The minimum absolute atomic E-state index is 0.0000105. The average Bonchev–Trinajstić information content (AvgIpc) is 2.81. The molecule has 5 heteroatoms. The second-order valence-corrected chi connectivity index (χ2v) is 10.8. The number of allylic oxidation sites excluding steroid dienone is 2. The molecule has 4 aromatic rings. The van der Waals surface area contributed by atoms with E-state index in [2.05, 4.69) is 91.8 Å². The van der Waals surface area contributed by atoms with Crippen LogP contribution in [0.3, 0.4) is 0 Å². The predicted molar refractivity (Wildman–Crippen MR) is 141 cm³/mol. The third kappa shape index (κ3) is 5.34. The normalized spacial score (nSPS) is 12.1. The molecule has 0 N–H and O–H groups in total. The fraction of sp³-hybridized carbons (Fsp3) is 0.241. The van der Waals surface area contributed by atoms with Crippen molar-refractivity contribution in [3.8, 4) is 22.4 Å². The molecular formula is C29H28AsN3O. The Morgan fingerprint density at radius 1 is 0.941 bits per heavy atom. The van der Waals surface area contributed by atoms with Crippen LogP contribution in [-0.2, 0) is 0 Å². The van der Waals surface area contributed by atoms with Crippen LogP contribution in [0.1, 0.15) is 56.5 Å². The van der Waals surface area contributed by atoms with Gasteiger partial charge >= 0.3 is 184 Å². The summed E-state index contributed by atoms with van der Waals surface area (Å²) in [4.78, 5) is 26.2. The Morgan fingerprint density at radius 3 is 2.21 bits per heavy atom. The number of fused-ring (bicyclic) bond motifs is 1. The van der Waals surface area contributed by atoms with Crippen molar-refractivity contribution in [1.29, 1.82) is 0 Å². The van der Waals surface area contributed by atoms with Crippen LogP contribution in [0.25, 0.3) is 33.4 Å². The van der Waals surface area contributed by atoms with Crippen molar-refractivity contribution in [2.24, 2.45) is 5.41 Å². The predicted octanol–water partition coefficient (Wildman–Crippen LogP) is 6.06. The third-order valence-electron chi connectivity index (χ3n) is 5.67. The van der Waals surface area contributed by atoms with Gasteiger partial charge in [0, 0.05) is 0 Å². The van der Waals surface area contributed by atoms with Gasteiger partial charge in [-0.1, -0.05) is 20.8 Å². The van der Waals surface area contributed by atoms with Crippen LogP contribution in [-0.4, -0.2) is 37.6 Å². The summed E-state index contributed by atoms with van der Waals surface area (Å²) in [7, 11) is 0. The van der Waals surface area contributed by atoms with Gasteiger partial charge in [-0.15, -0.1) is 0 Å². The van der Waals surface area contributed by atoms with Crippen LogP contribution in [0.15, 0.2) is 73.1 Å². The SMILES string of the molecule is CC(C)c1ccc(-c2cc(-c3ccc(C(=O)C=CC(C)(C)C)cc3)nc3ncnc([As])c23)cc1. The van der Waals surface area contributed by atoms with Crippen LogP contribution >= 0.6 is 0 Å². The quantitative estimate of drug-likeness (QED) is 0.186. The molecule has 2 aromatic carbocycles.